The minimum Gasteiger partial charge on any atom is -0.392 e. The van der Waals surface area contributed by atoms with Gasteiger partial charge in [-0.3, -0.25) is 19.4 Å². The van der Waals surface area contributed by atoms with Crippen LogP contribution < -0.4 is 10.6 Å². The van der Waals surface area contributed by atoms with Gasteiger partial charge in [-0.15, -0.1) is 0 Å². The Morgan fingerprint density at radius 2 is 0.806 bits per heavy atom. The second-order valence-corrected chi connectivity index (χ2v) is 30.6. The molecule has 14 heteroatoms. The van der Waals surface area contributed by atoms with Crippen LogP contribution in [0.1, 0.15) is 355 Å². The van der Waals surface area contributed by atoms with Crippen molar-refractivity contribution in [2.45, 2.75) is 393 Å². The number of rotatable bonds is 73. The Morgan fingerprint density at radius 1 is 0.452 bits per heavy atom. The summed E-state index contributed by atoms with van der Waals surface area (Å²) in [7, 11) is 3.58. The van der Waals surface area contributed by atoms with Crippen molar-refractivity contribution in [3.63, 3.8) is 0 Å². The van der Waals surface area contributed by atoms with Gasteiger partial charge in [-0.1, -0.05) is 279 Å². The molecule has 0 aromatic carbocycles. The molecule has 12 nitrogen and oxygen atoms in total. The molecule has 1 rings (SSSR count). The van der Waals surface area contributed by atoms with E-state index in [0.717, 1.165) is 140 Å². The molecule has 0 saturated heterocycles. The number of carbonyl (C=O) groups excluding carboxylic acids is 2. The van der Waals surface area contributed by atoms with Crippen molar-refractivity contribution in [2.24, 2.45) is 0 Å². The number of hydrogen-bond donors (Lipinski definition) is 6. The van der Waals surface area contributed by atoms with Gasteiger partial charge >= 0.3 is 0 Å². The molecular weight excluding hydrogens is 1190 g/mol. The van der Waals surface area contributed by atoms with Gasteiger partial charge in [-0.25, -0.2) is 4.98 Å². The van der Waals surface area contributed by atoms with Crippen molar-refractivity contribution in [1.82, 2.24) is 30.0 Å². The fourth-order valence-electron chi connectivity index (χ4n) is 12.7. The van der Waals surface area contributed by atoms with Crippen LogP contribution in [0.5, 0.6) is 0 Å². The number of aliphatic hydroxyl groups is 4. The Labute approximate surface area is 582 Å². The second-order valence-electron chi connectivity index (χ2n) is 27.9. The van der Waals surface area contributed by atoms with Gasteiger partial charge in [0.2, 0.25) is 11.8 Å². The largest absolute Gasteiger partial charge is 0.392 e. The van der Waals surface area contributed by atoms with Crippen LogP contribution in [-0.2, 0) is 16.1 Å². The minimum atomic E-state index is -0.645. The molecule has 0 aliphatic rings. The van der Waals surface area contributed by atoms with Crippen molar-refractivity contribution in [3.05, 3.63) is 42.5 Å². The molecule has 0 aliphatic carbocycles. The van der Waals surface area contributed by atoms with Crippen LogP contribution in [0.25, 0.3) is 0 Å². The number of nitrogens with one attached hydrogen (secondary N) is 2. The number of aryl methyl sites for hydroxylation is 2. The quantitative estimate of drug-likeness (QED) is 0.0209. The number of nitrogens with zero attached hydrogens (tertiary/aromatic N) is 4. The summed E-state index contributed by atoms with van der Waals surface area (Å²) in [5.41, 5.74) is 0. The van der Waals surface area contributed by atoms with E-state index in [4.69, 9.17) is 0 Å². The van der Waals surface area contributed by atoms with Crippen LogP contribution in [0.3, 0.4) is 0 Å². The lowest BCUT2D eigenvalue weighted by Gasteiger charge is -2.27. The van der Waals surface area contributed by atoms with E-state index >= 15 is 0 Å². The SMILES string of the molecule is CCCCCCCC/C=C\CCCCCCC(O)CN(CCCCSSCCC(NC(=O)CCCN(CC(O)CCCCCCCCCC)CC(O)CCCCCCCCCC)C(=O)NCCCn1ccnc1C)CC(O)CCCCCC/C=C\CCCCCCCC. The third kappa shape index (κ3) is 59.8. The molecule has 0 radical (unpaired) electrons. The normalized spacial score (nSPS) is 13.7. The van der Waals surface area contributed by atoms with E-state index < -0.39 is 30.5 Å². The number of allylic oxidation sites excluding steroid dienone is 4. The standard InChI is InChI=1S/C79H152N6O6S2/c1-6-10-14-18-22-26-28-30-32-34-36-40-44-48-54-73(86)68-83(69-74(87)55-49-45-41-37-35-33-31-29-27-23-19-15-11-7-2)62-50-51-66-92-93-67-59-77(79(91)81-60-53-64-85-65-61-80-72(85)5)82-78(90)58-52-63-84(70-75(88)56-46-42-38-24-20-16-12-8-3)71-76(89)57-47-43-39-25-21-17-13-9-4/h30-33,61,65,73-77,86-89H,6-29,34-60,62-64,66-71H2,1-5H3,(H,81,91)(H,82,90)/b32-30-,33-31-. The molecule has 5 atom stereocenters. The van der Waals surface area contributed by atoms with Gasteiger partial charge in [0.1, 0.15) is 11.9 Å². The summed E-state index contributed by atoms with van der Waals surface area (Å²) in [4.78, 5) is 36.4. The highest BCUT2D eigenvalue weighted by molar-refractivity contribution is 8.76. The first-order valence-electron chi connectivity index (χ1n) is 39.8. The highest BCUT2D eigenvalue weighted by atomic mass is 33.1. The number of carbonyl (C=O) groups is 2. The monoisotopic (exact) mass is 1350 g/mol. The predicted octanol–water partition coefficient (Wildman–Crippen LogP) is 19.9. The molecular formula is C79H152N6O6S2. The Balaban J connectivity index is 2.81. The molecule has 546 valence electrons. The van der Waals surface area contributed by atoms with Gasteiger partial charge in [0, 0.05) is 69.6 Å². The minimum absolute atomic E-state index is 0.143. The summed E-state index contributed by atoms with van der Waals surface area (Å²) in [6.45, 7) is 15.9. The van der Waals surface area contributed by atoms with Gasteiger partial charge in [0.25, 0.3) is 0 Å². The first-order chi connectivity index (χ1) is 45.5. The summed E-state index contributed by atoms with van der Waals surface area (Å²) in [6, 6.07) is -0.645. The molecule has 0 bridgehead atoms. The molecule has 2 amide bonds. The van der Waals surface area contributed by atoms with E-state index in [1.807, 2.05) is 23.9 Å². The molecule has 6 N–H and O–H groups in total. The summed E-state index contributed by atoms with van der Waals surface area (Å²) < 4.78 is 2.08. The fraction of sp³-hybridized carbons (Fsp3) is 0.886. The van der Waals surface area contributed by atoms with E-state index in [-0.39, 0.29) is 18.2 Å². The zero-order chi connectivity index (χ0) is 67.6. The molecule has 0 saturated carbocycles. The maximum Gasteiger partial charge on any atom is 0.242 e. The third-order valence-electron chi connectivity index (χ3n) is 18.6. The molecule has 0 aliphatic heterocycles. The number of imidazole rings is 1. The maximum atomic E-state index is 13.8. The zero-order valence-electron chi connectivity index (χ0n) is 61.5. The van der Waals surface area contributed by atoms with Crippen molar-refractivity contribution in [3.8, 4) is 0 Å². The first-order valence-corrected chi connectivity index (χ1v) is 42.3. The lowest BCUT2D eigenvalue weighted by Crippen LogP contribution is -2.47. The number of amides is 2. The highest BCUT2D eigenvalue weighted by Gasteiger charge is 2.22. The molecule has 0 spiro atoms. The van der Waals surface area contributed by atoms with E-state index in [9.17, 15) is 30.0 Å². The van der Waals surface area contributed by atoms with E-state index in [0.29, 0.717) is 52.1 Å². The van der Waals surface area contributed by atoms with E-state index in [1.54, 1.807) is 17.0 Å². The average Bonchev–Trinajstić information content (AvgIpc) is 4.23. The Morgan fingerprint density at radius 3 is 1.18 bits per heavy atom. The van der Waals surface area contributed by atoms with Gasteiger partial charge in [-0.05, 0) is 129 Å². The van der Waals surface area contributed by atoms with E-state index in [2.05, 4.69) is 82.0 Å². The van der Waals surface area contributed by atoms with Crippen LogP contribution in [0, 0.1) is 6.92 Å². The Kier molecular flexibility index (Phi) is 65.7. The van der Waals surface area contributed by atoms with Crippen LogP contribution in [0.15, 0.2) is 36.7 Å². The highest BCUT2D eigenvalue weighted by Crippen LogP contribution is 2.25. The average molecular weight is 1350 g/mol. The molecule has 93 heavy (non-hydrogen) atoms. The summed E-state index contributed by atoms with van der Waals surface area (Å²) in [6.07, 6.45) is 68.5. The third-order valence-corrected chi connectivity index (χ3v) is 21.1. The van der Waals surface area contributed by atoms with E-state index in [1.165, 1.54) is 193 Å². The molecule has 1 aromatic heterocycles. The van der Waals surface area contributed by atoms with Crippen LogP contribution in [-0.4, -0.2) is 139 Å². The Bertz CT molecular complexity index is 1730. The van der Waals surface area contributed by atoms with Crippen molar-refractivity contribution in [1.29, 1.82) is 0 Å². The smallest absolute Gasteiger partial charge is 0.242 e. The number of aliphatic hydroxyl groups excluding tert-OH is 4. The second kappa shape index (κ2) is 68.6. The molecule has 1 aromatic rings. The molecule has 0 fully saturated rings. The van der Waals surface area contributed by atoms with Gasteiger partial charge in [-0.2, -0.15) is 0 Å². The number of hydrogen-bond acceptors (Lipinski definition) is 11. The zero-order valence-corrected chi connectivity index (χ0v) is 63.1. The molecule has 5 unspecified atom stereocenters. The van der Waals surface area contributed by atoms with Gasteiger partial charge in [0.15, 0.2) is 0 Å². The molecule has 1 heterocycles. The first kappa shape index (κ1) is 89.1. The lowest BCUT2D eigenvalue weighted by atomic mass is 10.0. The number of aromatic nitrogens is 2. The lowest BCUT2D eigenvalue weighted by molar-refractivity contribution is -0.129. The maximum absolute atomic E-state index is 13.8. The summed E-state index contributed by atoms with van der Waals surface area (Å²) in [5.74, 6) is 2.32. The van der Waals surface area contributed by atoms with Crippen LogP contribution >= 0.6 is 21.6 Å². The Hall–Kier alpha value is -1.91. The summed E-state index contributed by atoms with van der Waals surface area (Å²) in [5, 5.41) is 51.2. The van der Waals surface area contributed by atoms with Gasteiger partial charge in [0.05, 0.1) is 24.4 Å². The van der Waals surface area contributed by atoms with Crippen molar-refractivity contribution in [2.75, 3.05) is 57.3 Å². The van der Waals surface area contributed by atoms with Crippen LogP contribution in [0.4, 0.5) is 0 Å². The van der Waals surface area contributed by atoms with Crippen molar-refractivity contribution >= 4 is 33.4 Å². The summed E-state index contributed by atoms with van der Waals surface area (Å²) >= 11 is 0. The predicted molar refractivity (Wildman–Crippen MR) is 406 cm³/mol. The van der Waals surface area contributed by atoms with Crippen molar-refractivity contribution < 1.29 is 30.0 Å². The van der Waals surface area contributed by atoms with Crippen LogP contribution in [0.2, 0.25) is 0 Å². The van der Waals surface area contributed by atoms with Gasteiger partial charge < -0.3 is 35.6 Å². The topological polar surface area (TPSA) is 163 Å². The fourth-order valence-corrected chi connectivity index (χ4v) is 14.9. The number of unbranched alkanes of at least 4 members (excludes halogenated alkanes) is 35.